The highest BCUT2D eigenvalue weighted by atomic mass is 35.5. The van der Waals surface area contributed by atoms with Gasteiger partial charge in [-0.05, 0) is 36.4 Å². The summed E-state index contributed by atoms with van der Waals surface area (Å²) in [4.78, 5) is 1.07. The smallest absolute Gasteiger partial charge is 0.170 e. The van der Waals surface area contributed by atoms with Crippen molar-refractivity contribution in [3.63, 3.8) is 0 Å². The summed E-state index contributed by atoms with van der Waals surface area (Å²) in [6.07, 6.45) is 0. The molecule has 21 heavy (non-hydrogen) atoms. The molecule has 0 atom stereocenters. The Balaban J connectivity index is 2.21. The Morgan fingerprint density at radius 1 is 1.33 bits per heavy atom. The van der Waals surface area contributed by atoms with Crippen molar-refractivity contribution in [1.29, 1.82) is 0 Å². The molecule has 0 amide bonds. The Morgan fingerprint density at radius 3 is 2.81 bits per heavy atom. The topological polar surface area (TPSA) is 67.8 Å². The van der Waals surface area contributed by atoms with Crippen LogP contribution in [0.2, 0.25) is 5.02 Å². The van der Waals surface area contributed by atoms with E-state index in [1.165, 1.54) is 0 Å². The highest BCUT2D eigenvalue weighted by molar-refractivity contribution is 7.98. The van der Waals surface area contributed by atoms with Crippen molar-refractivity contribution in [3.8, 4) is 5.75 Å². The van der Waals surface area contributed by atoms with Gasteiger partial charge in [0.25, 0.3) is 0 Å². The molecule has 0 unspecified atom stereocenters. The first-order valence-electron chi connectivity index (χ1n) is 6.17. The maximum atomic E-state index is 8.76. The Morgan fingerprint density at radius 2 is 2.14 bits per heavy atom. The molecule has 0 heterocycles. The number of hydrogen-bond acceptors (Lipinski definition) is 4. The number of oxime groups is 1. The number of halogens is 1. The number of thioether (sulfide) groups is 1. The molecule has 0 bridgehead atoms. The molecule has 2 aromatic rings. The van der Waals surface area contributed by atoms with Crippen LogP contribution in [0.4, 0.5) is 0 Å². The van der Waals surface area contributed by atoms with Crippen LogP contribution in [0.1, 0.15) is 11.1 Å². The molecule has 2 aromatic carbocycles. The monoisotopic (exact) mass is 322 g/mol. The predicted octanol–water partition coefficient (Wildman–Crippen LogP) is 3.74. The number of nitrogens with two attached hydrogens (primary N) is 1. The number of nitrogens with zero attached hydrogens (tertiary/aromatic N) is 1. The van der Waals surface area contributed by atoms with Gasteiger partial charge in [-0.1, -0.05) is 22.8 Å². The average Bonchev–Trinajstić information content (AvgIpc) is 2.52. The third-order valence-corrected chi connectivity index (χ3v) is 4.15. The van der Waals surface area contributed by atoms with Crippen LogP contribution in [-0.2, 0) is 5.75 Å². The fourth-order valence-electron chi connectivity index (χ4n) is 1.83. The van der Waals surface area contributed by atoms with E-state index in [0.29, 0.717) is 16.3 Å². The lowest BCUT2D eigenvalue weighted by Crippen LogP contribution is -2.13. The van der Waals surface area contributed by atoms with Gasteiger partial charge in [-0.3, -0.25) is 0 Å². The van der Waals surface area contributed by atoms with E-state index >= 15 is 0 Å². The van der Waals surface area contributed by atoms with Gasteiger partial charge in [0.1, 0.15) is 5.75 Å². The van der Waals surface area contributed by atoms with Crippen molar-refractivity contribution in [3.05, 3.63) is 58.6 Å². The summed E-state index contributed by atoms with van der Waals surface area (Å²) in [6, 6.07) is 13.1. The molecule has 0 aliphatic rings. The van der Waals surface area contributed by atoms with E-state index in [2.05, 4.69) is 5.16 Å². The van der Waals surface area contributed by atoms with Gasteiger partial charge in [-0.25, -0.2) is 0 Å². The highest BCUT2D eigenvalue weighted by Gasteiger charge is 2.08. The number of benzene rings is 2. The van der Waals surface area contributed by atoms with E-state index in [0.717, 1.165) is 16.2 Å². The van der Waals surface area contributed by atoms with Crippen molar-refractivity contribution < 1.29 is 9.94 Å². The first-order chi connectivity index (χ1) is 10.1. The van der Waals surface area contributed by atoms with Gasteiger partial charge < -0.3 is 15.7 Å². The molecular weight excluding hydrogens is 308 g/mol. The molecule has 0 radical (unpaired) electrons. The molecule has 110 valence electrons. The maximum absolute atomic E-state index is 8.76. The number of hydrogen-bond donors (Lipinski definition) is 2. The highest BCUT2D eigenvalue weighted by Crippen LogP contribution is 2.30. The zero-order valence-corrected chi connectivity index (χ0v) is 13.0. The van der Waals surface area contributed by atoms with Crippen LogP contribution >= 0.6 is 23.4 Å². The summed E-state index contributed by atoms with van der Waals surface area (Å²) in [5.41, 5.74) is 7.23. The number of rotatable bonds is 5. The lowest BCUT2D eigenvalue weighted by molar-refractivity contribution is 0.318. The average molecular weight is 323 g/mol. The van der Waals surface area contributed by atoms with Gasteiger partial charge in [0.2, 0.25) is 0 Å². The first-order valence-corrected chi connectivity index (χ1v) is 7.53. The molecule has 0 spiro atoms. The summed E-state index contributed by atoms with van der Waals surface area (Å²) in [6.45, 7) is 0. The molecule has 2 rings (SSSR count). The van der Waals surface area contributed by atoms with Gasteiger partial charge in [-0.15, -0.1) is 11.8 Å². The minimum absolute atomic E-state index is 0.0756. The molecule has 3 N–H and O–H groups in total. The van der Waals surface area contributed by atoms with Crippen LogP contribution in [0.3, 0.4) is 0 Å². The van der Waals surface area contributed by atoms with Crippen LogP contribution in [0.5, 0.6) is 5.75 Å². The predicted molar refractivity (Wildman–Crippen MR) is 86.5 cm³/mol. The van der Waals surface area contributed by atoms with Crippen LogP contribution in [0, 0.1) is 0 Å². The van der Waals surface area contributed by atoms with Crippen molar-refractivity contribution in [2.24, 2.45) is 10.9 Å². The Bertz CT molecular complexity index is 662. The number of ether oxygens (including phenoxy) is 1. The normalized spacial score (nSPS) is 11.4. The number of methoxy groups -OCH3 is 1. The van der Waals surface area contributed by atoms with E-state index in [9.17, 15) is 0 Å². The molecule has 6 heteroatoms. The van der Waals surface area contributed by atoms with Crippen LogP contribution < -0.4 is 10.5 Å². The minimum Gasteiger partial charge on any atom is -0.496 e. The second-order valence-electron chi connectivity index (χ2n) is 4.26. The zero-order chi connectivity index (χ0) is 15.2. The van der Waals surface area contributed by atoms with E-state index in [1.54, 1.807) is 31.0 Å². The fourth-order valence-corrected chi connectivity index (χ4v) is 3.01. The molecule has 4 nitrogen and oxygen atoms in total. The zero-order valence-electron chi connectivity index (χ0n) is 11.4. The van der Waals surface area contributed by atoms with Crippen LogP contribution in [-0.4, -0.2) is 18.2 Å². The fraction of sp³-hybridized carbons (Fsp3) is 0.133. The van der Waals surface area contributed by atoms with Gasteiger partial charge in [-0.2, -0.15) is 0 Å². The lowest BCUT2D eigenvalue weighted by Gasteiger charge is -2.10. The summed E-state index contributed by atoms with van der Waals surface area (Å²) >= 11 is 7.61. The van der Waals surface area contributed by atoms with Crippen LogP contribution in [0.15, 0.2) is 52.5 Å². The molecular formula is C15H15ClN2O2S. The Labute approximate surface area is 132 Å². The standard InChI is InChI=1S/C15H15ClN2O2S/c1-20-14-6-5-10(15(17)18-19)7-11(14)9-21-13-4-2-3-12(16)8-13/h2-8,19H,9H2,1H3,(H2,17,18). The van der Waals surface area contributed by atoms with Gasteiger partial charge in [0.15, 0.2) is 5.84 Å². The minimum atomic E-state index is 0.0756. The molecule has 0 aromatic heterocycles. The Kier molecular flexibility index (Phi) is 5.36. The lowest BCUT2D eigenvalue weighted by atomic mass is 10.1. The van der Waals surface area contributed by atoms with Gasteiger partial charge in [0, 0.05) is 26.8 Å². The van der Waals surface area contributed by atoms with E-state index in [4.69, 9.17) is 27.3 Å². The molecule has 0 aliphatic heterocycles. The third-order valence-electron chi connectivity index (χ3n) is 2.87. The quantitative estimate of drug-likeness (QED) is 0.289. The van der Waals surface area contributed by atoms with E-state index in [1.807, 2.05) is 30.3 Å². The Hall–Kier alpha value is -1.85. The maximum Gasteiger partial charge on any atom is 0.170 e. The van der Waals surface area contributed by atoms with E-state index < -0.39 is 0 Å². The molecule has 0 saturated carbocycles. The molecule has 0 aliphatic carbocycles. The third kappa shape index (κ3) is 4.06. The summed E-state index contributed by atoms with van der Waals surface area (Å²) in [7, 11) is 1.62. The second kappa shape index (κ2) is 7.24. The summed E-state index contributed by atoms with van der Waals surface area (Å²) < 4.78 is 5.34. The van der Waals surface area contributed by atoms with Crippen LogP contribution in [0.25, 0.3) is 0 Å². The first kappa shape index (κ1) is 15.5. The molecule has 0 fully saturated rings. The van der Waals surface area contributed by atoms with Crippen molar-refractivity contribution in [2.75, 3.05) is 7.11 Å². The SMILES string of the molecule is COc1ccc(/C(N)=N/O)cc1CSc1cccc(Cl)c1. The largest absolute Gasteiger partial charge is 0.496 e. The summed E-state index contributed by atoms with van der Waals surface area (Å²) in [5.74, 6) is 1.53. The van der Waals surface area contributed by atoms with Gasteiger partial charge >= 0.3 is 0 Å². The molecule has 0 saturated heterocycles. The van der Waals surface area contributed by atoms with Crippen molar-refractivity contribution in [2.45, 2.75) is 10.6 Å². The second-order valence-corrected chi connectivity index (χ2v) is 5.74. The summed E-state index contributed by atoms with van der Waals surface area (Å²) in [5, 5.41) is 12.5. The van der Waals surface area contributed by atoms with Crippen molar-refractivity contribution in [1.82, 2.24) is 0 Å². The van der Waals surface area contributed by atoms with Crippen molar-refractivity contribution >= 4 is 29.2 Å². The van der Waals surface area contributed by atoms with E-state index in [-0.39, 0.29) is 5.84 Å². The van der Waals surface area contributed by atoms with Gasteiger partial charge in [0.05, 0.1) is 7.11 Å². The number of amidine groups is 1.